The molecule has 0 saturated heterocycles. The molecule has 220 valence electrons. The molecule has 11 heteroatoms. The lowest BCUT2D eigenvalue weighted by Crippen LogP contribution is -2.40. The fourth-order valence-corrected chi connectivity index (χ4v) is 5.85. The van der Waals surface area contributed by atoms with Crippen LogP contribution in [0, 0.1) is 0 Å². The van der Waals surface area contributed by atoms with Crippen molar-refractivity contribution < 1.29 is 23.8 Å². The topological polar surface area (TPSA) is 108 Å². The second-order valence-corrected chi connectivity index (χ2v) is 10.9. The number of halogens is 1. The first-order chi connectivity index (χ1) is 20.8. The van der Waals surface area contributed by atoms with Crippen molar-refractivity contribution in [1.29, 1.82) is 0 Å². The lowest BCUT2D eigenvalue weighted by molar-refractivity contribution is -0.145. The van der Waals surface area contributed by atoms with Gasteiger partial charge >= 0.3 is 5.97 Å². The molecule has 0 aliphatic carbocycles. The van der Waals surface area contributed by atoms with Gasteiger partial charge in [0.15, 0.2) is 22.9 Å². The van der Waals surface area contributed by atoms with Crippen molar-refractivity contribution in [3.8, 4) is 11.5 Å². The SMILES string of the molecule is CCOC(=O)COc1ccc(/C=c2\sc3n(c2=O)[C@H](c2ccc(Cl)cc2)C(C(=O)Nc2ccccc2)=C(C)N=3)cc1OC. The van der Waals surface area contributed by atoms with Crippen LogP contribution in [-0.2, 0) is 14.3 Å². The van der Waals surface area contributed by atoms with Crippen LogP contribution in [0.3, 0.4) is 0 Å². The summed E-state index contributed by atoms with van der Waals surface area (Å²) in [7, 11) is 1.49. The number of ether oxygens (including phenoxy) is 3. The Hall–Kier alpha value is -4.67. The zero-order valence-electron chi connectivity index (χ0n) is 23.6. The van der Waals surface area contributed by atoms with E-state index in [0.29, 0.717) is 53.9 Å². The molecule has 1 aliphatic heterocycles. The lowest BCUT2D eigenvalue weighted by atomic mass is 9.95. The molecule has 0 spiro atoms. The van der Waals surface area contributed by atoms with E-state index in [1.54, 1.807) is 79.1 Å². The van der Waals surface area contributed by atoms with Gasteiger partial charge in [0.25, 0.3) is 11.5 Å². The van der Waals surface area contributed by atoms with E-state index in [0.717, 1.165) is 0 Å². The number of thiazole rings is 1. The maximum atomic E-state index is 14.0. The van der Waals surface area contributed by atoms with Crippen LogP contribution in [0.15, 0.2) is 93.9 Å². The first-order valence-electron chi connectivity index (χ1n) is 13.4. The first kappa shape index (κ1) is 29.8. The largest absolute Gasteiger partial charge is 0.493 e. The summed E-state index contributed by atoms with van der Waals surface area (Å²) < 4.78 is 17.9. The Morgan fingerprint density at radius 2 is 1.81 bits per heavy atom. The molecule has 0 fully saturated rings. The Morgan fingerprint density at radius 1 is 1.07 bits per heavy atom. The summed E-state index contributed by atoms with van der Waals surface area (Å²) in [6.07, 6.45) is 1.73. The fraction of sp³-hybridized carbons (Fsp3) is 0.188. The molecule has 43 heavy (non-hydrogen) atoms. The third-order valence-corrected chi connectivity index (χ3v) is 7.85. The van der Waals surface area contributed by atoms with Crippen LogP contribution in [0.4, 0.5) is 5.69 Å². The summed E-state index contributed by atoms with van der Waals surface area (Å²) in [6, 6.07) is 20.6. The number of allylic oxidation sites excluding steroid dienone is 1. The zero-order chi connectivity index (χ0) is 30.5. The first-order valence-corrected chi connectivity index (χ1v) is 14.6. The molecule has 9 nitrogen and oxygen atoms in total. The van der Waals surface area contributed by atoms with Gasteiger partial charge in [-0.25, -0.2) is 9.79 Å². The zero-order valence-corrected chi connectivity index (χ0v) is 25.2. The van der Waals surface area contributed by atoms with E-state index >= 15 is 0 Å². The van der Waals surface area contributed by atoms with Gasteiger partial charge in [-0.3, -0.25) is 14.2 Å². The second-order valence-electron chi connectivity index (χ2n) is 9.46. The minimum atomic E-state index is -0.729. The van der Waals surface area contributed by atoms with Gasteiger partial charge in [-0.15, -0.1) is 0 Å². The molecule has 1 amide bonds. The highest BCUT2D eigenvalue weighted by molar-refractivity contribution is 7.07. The molecule has 3 aromatic carbocycles. The number of nitrogens with zero attached hydrogens (tertiary/aromatic N) is 2. The monoisotopic (exact) mass is 617 g/mol. The number of aromatic nitrogens is 1. The summed E-state index contributed by atoms with van der Waals surface area (Å²) in [5.41, 5.74) is 2.58. The second kappa shape index (κ2) is 13.1. The number of carbonyl (C=O) groups excluding carboxylic acids is 2. The summed E-state index contributed by atoms with van der Waals surface area (Å²) in [4.78, 5) is 44.5. The normalized spacial score (nSPS) is 14.5. The number of nitrogens with one attached hydrogen (secondary N) is 1. The van der Waals surface area contributed by atoms with Gasteiger partial charge < -0.3 is 19.5 Å². The highest BCUT2D eigenvalue weighted by Gasteiger charge is 2.32. The number of hydrogen-bond acceptors (Lipinski definition) is 8. The molecule has 5 rings (SSSR count). The molecule has 4 aromatic rings. The van der Waals surface area contributed by atoms with Gasteiger partial charge in [-0.2, -0.15) is 0 Å². The Kier molecular flexibility index (Phi) is 9.08. The quantitative estimate of drug-likeness (QED) is 0.278. The number of hydrogen-bond donors (Lipinski definition) is 1. The number of amides is 1. The predicted molar refractivity (Wildman–Crippen MR) is 165 cm³/mol. The molecular formula is C32H28ClN3O6S. The summed E-state index contributed by atoms with van der Waals surface area (Å²) >= 11 is 7.39. The van der Waals surface area contributed by atoms with Gasteiger partial charge in [-0.1, -0.05) is 59.3 Å². The van der Waals surface area contributed by atoms with Gasteiger partial charge in [0.1, 0.15) is 0 Å². The number of carbonyl (C=O) groups is 2. The number of rotatable bonds is 9. The molecular weight excluding hydrogens is 590 g/mol. The molecule has 1 aromatic heterocycles. The van der Waals surface area contributed by atoms with E-state index < -0.39 is 12.0 Å². The molecule has 1 N–H and O–H groups in total. The van der Waals surface area contributed by atoms with Gasteiger partial charge in [0, 0.05) is 10.7 Å². The molecule has 1 atom stereocenters. The van der Waals surface area contributed by atoms with E-state index in [1.807, 2.05) is 18.2 Å². The summed E-state index contributed by atoms with van der Waals surface area (Å²) in [5, 5.41) is 3.47. The average molecular weight is 618 g/mol. The maximum absolute atomic E-state index is 14.0. The third kappa shape index (κ3) is 6.55. The maximum Gasteiger partial charge on any atom is 0.344 e. The van der Waals surface area contributed by atoms with Crippen LogP contribution < -0.4 is 29.7 Å². The highest BCUT2D eigenvalue weighted by atomic mass is 35.5. The van der Waals surface area contributed by atoms with E-state index in [9.17, 15) is 14.4 Å². The van der Waals surface area contributed by atoms with E-state index in [-0.39, 0.29) is 24.7 Å². The van der Waals surface area contributed by atoms with Crippen LogP contribution >= 0.6 is 22.9 Å². The van der Waals surface area contributed by atoms with Gasteiger partial charge in [-0.05, 0) is 67.4 Å². The Bertz CT molecular complexity index is 1880. The molecule has 2 heterocycles. The van der Waals surface area contributed by atoms with Crippen LogP contribution in [-0.4, -0.2) is 36.8 Å². The van der Waals surface area contributed by atoms with E-state index in [1.165, 1.54) is 18.4 Å². The van der Waals surface area contributed by atoms with Crippen molar-refractivity contribution in [2.75, 3.05) is 25.6 Å². The Balaban J connectivity index is 1.56. The third-order valence-electron chi connectivity index (χ3n) is 6.62. The fourth-order valence-electron chi connectivity index (χ4n) is 4.68. The minimum absolute atomic E-state index is 0.257. The van der Waals surface area contributed by atoms with Gasteiger partial charge in [0.05, 0.1) is 35.6 Å². The Labute approximate surface area is 256 Å². The molecule has 0 unspecified atom stereocenters. The van der Waals surface area contributed by atoms with Crippen LogP contribution in [0.1, 0.15) is 31.0 Å². The van der Waals surface area contributed by atoms with Crippen LogP contribution in [0.2, 0.25) is 5.02 Å². The van der Waals surface area contributed by atoms with Gasteiger partial charge in [0.2, 0.25) is 0 Å². The molecule has 0 saturated carbocycles. The van der Waals surface area contributed by atoms with Crippen molar-refractivity contribution in [2.24, 2.45) is 4.99 Å². The van der Waals surface area contributed by atoms with Crippen LogP contribution in [0.25, 0.3) is 6.08 Å². The van der Waals surface area contributed by atoms with Crippen molar-refractivity contribution in [2.45, 2.75) is 19.9 Å². The van der Waals surface area contributed by atoms with E-state index in [2.05, 4.69) is 10.3 Å². The number of anilines is 1. The van der Waals surface area contributed by atoms with Crippen molar-refractivity contribution >= 4 is 46.6 Å². The smallest absolute Gasteiger partial charge is 0.344 e. The average Bonchev–Trinajstić information content (AvgIpc) is 3.30. The summed E-state index contributed by atoms with van der Waals surface area (Å²) in [5.74, 6) is -0.0934. The predicted octanol–water partition coefficient (Wildman–Crippen LogP) is 4.48. The standard InChI is InChI=1S/C32H28ClN3O6S/c1-4-41-27(37)18-42-24-15-10-20(16-25(24)40-3)17-26-31(39)36-29(21-11-13-22(33)14-12-21)28(19(2)34-32(36)43-26)30(38)35-23-8-6-5-7-9-23/h5-17,29H,4,18H2,1-3H3,(H,35,38)/b26-17-/t29-/m1/s1. The minimum Gasteiger partial charge on any atom is -0.493 e. The molecule has 0 radical (unpaired) electrons. The highest BCUT2D eigenvalue weighted by Crippen LogP contribution is 2.32. The van der Waals surface area contributed by atoms with E-state index in [4.69, 9.17) is 25.8 Å². The molecule has 1 aliphatic rings. The number of fused-ring (bicyclic) bond motifs is 1. The molecule has 0 bridgehead atoms. The van der Waals surface area contributed by atoms with Crippen LogP contribution in [0.5, 0.6) is 11.5 Å². The van der Waals surface area contributed by atoms with Crippen molar-refractivity contribution in [3.05, 3.63) is 120 Å². The van der Waals surface area contributed by atoms with Crippen molar-refractivity contribution in [3.63, 3.8) is 0 Å². The number of para-hydroxylation sites is 1. The summed E-state index contributed by atoms with van der Waals surface area (Å²) in [6.45, 7) is 3.48. The Morgan fingerprint density at radius 3 is 2.51 bits per heavy atom. The number of esters is 1. The van der Waals surface area contributed by atoms with Crippen molar-refractivity contribution in [1.82, 2.24) is 4.57 Å². The lowest BCUT2D eigenvalue weighted by Gasteiger charge is -2.25. The number of benzene rings is 3. The number of methoxy groups -OCH3 is 1.